The third-order valence-electron chi connectivity index (χ3n) is 4.79. The molecule has 1 aromatic carbocycles. The van der Waals surface area contributed by atoms with Gasteiger partial charge in [0, 0.05) is 13.1 Å². The van der Waals surface area contributed by atoms with E-state index in [9.17, 15) is 4.21 Å². The lowest BCUT2D eigenvalue weighted by Crippen LogP contribution is -2.34. The van der Waals surface area contributed by atoms with Crippen LogP contribution in [0, 0.1) is 11.8 Å². The highest BCUT2D eigenvalue weighted by Crippen LogP contribution is 2.27. The molecule has 0 saturated carbocycles. The molecule has 0 bridgehead atoms. The van der Waals surface area contributed by atoms with E-state index in [4.69, 9.17) is 0 Å². The van der Waals surface area contributed by atoms with Crippen molar-refractivity contribution in [3.05, 3.63) is 24.3 Å². The molecule has 1 heterocycles. The maximum absolute atomic E-state index is 13.3. The molecule has 0 aliphatic rings. The van der Waals surface area contributed by atoms with Crippen molar-refractivity contribution in [2.75, 3.05) is 13.1 Å². The first kappa shape index (κ1) is 21.5. The second kappa shape index (κ2) is 11.2. The molecule has 0 aliphatic carbocycles. The van der Waals surface area contributed by atoms with Gasteiger partial charge in [-0.15, -0.1) is 11.3 Å². The highest BCUT2D eigenvalue weighted by atomic mass is 32.2. The monoisotopic (exact) mass is 394 g/mol. The lowest BCUT2D eigenvalue weighted by Gasteiger charge is -2.26. The van der Waals surface area contributed by atoms with Crippen molar-refractivity contribution >= 4 is 32.5 Å². The maximum Gasteiger partial charge on any atom is 0.197 e. The Balaban J connectivity index is 2.12. The van der Waals surface area contributed by atoms with E-state index in [1.165, 1.54) is 38.5 Å². The molecule has 2 rings (SSSR count). The van der Waals surface area contributed by atoms with Crippen LogP contribution >= 0.6 is 11.3 Å². The Morgan fingerprint density at radius 3 is 2.15 bits per heavy atom. The molecule has 26 heavy (non-hydrogen) atoms. The van der Waals surface area contributed by atoms with Gasteiger partial charge in [-0.2, -0.15) is 0 Å². The zero-order valence-electron chi connectivity index (χ0n) is 16.7. The number of benzene rings is 1. The second-order valence-electron chi connectivity index (χ2n) is 7.54. The molecule has 0 radical (unpaired) electrons. The number of thiazole rings is 1. The van der Waals surface area contributed by atoms with E-state index in [-0.39, 0.29) is 0 Å². The fourth-order valence-corrected chi connectivity index (χ4v) is 5.97. The summed E-state index contributed by atoms with van der Waals surface area (Å²) in [6, 6.07) is 8.08. The van der Waals surface area contributed by atoms with Gasteiger partial charge >= 0.3 is 0 Å². The number of rotatable bonds is 12. The van der Waals surface area contributed by atoms with Crippen LogP contribution < -0.4 is 0 Å². The fourth-order valence-electron chi connectivity index (χ4n) is 3.23. The molecule has 3 atom stereocenters. The summed E-state index contributed by atoms with van der Waals surface area (Å²) in [5, 5.41) is 0. The van der Waals surface area contributed by atoms with Gasteiger partial charge in [-0.1, -0.05) is 65.5 Å². The van der Waals surface area contributed by atoms with Crippen LogP contribution in [-0.4, -0.2) is 26.6 Å². The minimum absolute atomic E-state index is 0.562. The summed E-state index contributed by atoms with van der Waals surface area (Å²) >= 11 is 1.57. The predicted octanol–water partition coefficient (Wildman–Crippen LogP) is 6.27. The molecule has 3 nitrogen and oxygen atoms in total. The zero-order chi connectivity index (χ0) is 18.9. The summed E-state index contributed by atoms with van der Waals surface area (Å²) < 4.78 is 17.4. The number of unbranched alkanes of at least 4 members (excludes halogenated alkanes) is 2. The van der Waals surface area contributed by atoms with Crippen LogP contribution in [0.15, 0.2) is 28.6 Å². The second-order valence-corrected chi connectivity index (χ2v) is 10.2. The van der Waals surface area contributed by atoms with Crippen LogP contribution in [0.25, 0.3) is 10.2 Å². The highest BCUT2D eigenvalue weighted by molar-refractivity contribution is 7.85. The van der Waals surface area contributed by atoms with Crippen molar-refractivity contribution in [1.29, 1.82) is 0 Å². The van der Waals surface area contributed by atoms with E-state index < -0.39 is 11.0 Å². The SMILES string of the molecule is CCCCC(C)CN(CC(C)CCCC)S(=O)c1nc2ccccc2s1. The van der Waals surface area contributed by atoms with Gasteiger partial charge in [0.1, 0.15) is 0 Å². The van der Waals surface area contributed by atoms with E-state index in [0.717, 1.165) is 27.6 Å². The molecule has 0 saturated heterocycles. The molecular formula is C21H34N2OS2. The summed E-state index contributed by atoms with van der Waals surface area (Å²) in [5.41, 5.74) is 0.957. The summed E-state index contributed by atoms with van der Waals surface area (Å²) in [7, 11) is -1.17. The Kier molecular flexibility index (Phi) is 9.23. The van der Waals surface area contributed by atoms with Gasteiger partial charge in [-0.25, -0.2) is 13.5 Å². The van der Waals surface area contributed by atoms with Crippen LogP contribution in [0.5, 0.6) is 0 Å². The molecule has 3 unspecified atom stereocenters. The summed E-state index contributed by atoms with van der Waals surface area (Å²) in [6.45, 7) is 10.8. The third-order valence-corrected chi connectivity index (χ3v) is 7.46. The average Bonchev–Trinajstić information content (AvgIpc) is 3.07. The van der Waals surface area contributed by atoms with Crippen LogP contribution in [0.1, 0.15) is 66.2 Å². The standard InChI is InChI=1S/C21H34N2OS2/c1-5-7-11-17(3)15-23(16-18(4)12-8-6-2)26(24)21-22-19-13-9-10-14-20(19)25-21/h9-10,13-14,17-18H,5-8,11-12,15-16H2,1-4H3. The molecule has 0 N–H and O–H groups in total. The van der Waals surface area contributed by atoms with E-state index in [2.05, 4.69) is 43.1 Å². The van der Waals surface area contributed by atoms with Gasteiger partial charge in [-0.3, -0.25) is 0 Å². The van der Waals surface area contributed by atoms with Gasteiger partial charge in [0.25, 0.3) is 0 Å². The first-order valence-corrected chi connectivity index (χ1v) is 12.0. The van der Waals surface area contributed by atoms with Crippen LogP contribution in [0.4, 0.5) is 0 Å². The van der Waals surface area contributed by atoms with Crippen molar-refractivity contribution in [3.63, 3.8) is 0 Å². The Hall–Kier alpha value is -0.780. The fraction of sp³-hybridized carbons (Fsp3) is 0.667. The van der Waals surface area contributed by atoms with E-state index in [0.29, 0.717) is 11.8 Å². The minimum Gasteiger partial charge on any atom is -0.235 e. The molecule has 146 valence electrons. The number of hydrogen-bond donors (Lipinski definition) is 0. The summed E-state index contributed by atoms with van der Waals surface area (Å²) in [6.07, 6.45) is 7.33. The number of fused-ring (bicyclic) bond motifs is 1. The Bertz CT molecular complexity index is 636. The smallest absolute Gasteiger partial charge is 0.197 e. The lowest BCUT2D eigenvalue weighted by molar-refractivity contribution is 0.308. The van der Waals surface area contributed by atoms with Crippen LogP contribution in [0.2, 0.25) is 0 Å². The summed E-state index contributed by atoms with van der Waals surface area (Å²) in [5.74, 6) is 1.12. The molecule has 5 heteroatoms. The van der Waals surface area contributed by atoms with E-state index in [1.54, 1.807) is 11.3 Å². The molecule has 2 aromatic rings. The molecular weight excluding hydrogens is 360 g/mol. The van der Waals surface area contributed by atoms with Gasteiger partial charge in [0.05, 0.1) is 10.2 Å². The molecule has 0 fully saturated rings. The van der Waals surface area contributed by atoms with Gasteiger partial charge in [-0.05, 0) is 36.8 Å². The number of para-hydroxylation sites is 1. The van der Waals surface area contributed by atoms with Gasteiger partial charge < -0.3 is 0 Å². The molecule has 0 spiro atoms. The quantitative estimate of drug-likeness (QED) is 0.425. The molecule has 1 aromatic heterocycles. The molecule has 0 aliphatic heterocycles. The largest absolute Gasteiger partial charge is 0.235 e. The topological polar surface area (TPSA) is 33.2 Å². The number of aromatic nitrogens is 1. The Morgan fingerprint density at radius 2 is 1.62 bits per heavy atom. The van der Waals surface area contributed by atoms with Crippen LogP contribution in [-0.2, 0) is 11.0 Å². The Morgan fingerprint density at radius 1 is 1.04 bits per heavy atom. The lowest BCUT2D eigenvalue weighted by atomic mass is 10.0. The molecule has 0 amide bonds. The minimum atomic E-state index is -1.17. The first-order valence-electron chi connectivity index (χ1n) is 10.1. The highest BCUT2D eigenvalue weighted by Gasteiger charge is 2.23. The number of hydrogen-bond acceptors (Lipinski definition) is 3. The summed E-state index contributed by atoms with van der Waals surface area (Å²) in [4.78, 5) is 4.65. The predicted molar refractivity (Wildman–Crippen MR) is 115 cm³/mol. The van der Waals surface area contributed by atoms with Crippen molar-refractivity contribution < 1.29 is 4.21 Å². The van der Waals surface area contributed by atoms with Crippen LogP contribution in [0.3, 0.4) is 0 Å². The normalized spacial score (nSPS) is 15.4. The third kappa shape index (κ3) is 6.43. The van der Waals surface area contributed by atoms with Crippen molar-refractivity contribution in [2.24, 2.45) is 11.8 Å². The van der Waals surface area contributed by atoms with E-state index in [1.807, 2.05) is 18.2 Å². The van der Waals surface area contributed by atoms with Crippen molar-refractivity contribution in [3.8, 4) is 0 Å². The number of nitrogens with zero attached hydrogens (tertiary/aromatic N) is 2. The average molecular weight is 395 g/mol. The van der Waals surface area contributed by atoms with Crippen molar-refractivity contribution in [1.82, 2.24) is 9.29 Å². The van der Waals surface area contributed by atoms with Gasteiger partial charge in [0.15, 0.2) is 15.3 Å². The zero-order valence-corrected chi connectivity index (χ0v) is 18.4. The van der Waals surface area contributed by atoms with Gasteiger partial charge in [0.2, 0.25) is 0 Å². The maximum atomic E-state index is 13.3. The van der Waals surface area contributed by atoms with Crippen molar-refractivity contribution in [2.45, 2.75) is 70.6 Å². The van der Waals surface area contributed by atoms with E-state index >= 15 is 0 Å². The first-order chi connectivity index (χ1) is 12.5. The Labute approximate surface area is 165 Å².